The van der Waals surface area contributed by atoms with Crippen LogP contribution in [-0.2, 0) is 11.3 Å². The summed E-state index contributed by atoms with van der Waals surface area (Å²) in [5.74, 6) is -1.52. The van der Waals surface area contributed by atoms with E-state index in [2.05, 4.69) is 20.8 Å². The third kappa shape index (κ3) is 3.26. The average molecular weight is 282 g/mol. The minimum Gasteiger partial charge on any atom is -0.478 e. The number of aromatic carboxylic acids is 1. The predicted octanol–water partition coefficient (Wildman–Crippen LogP) is 0.663. The van der Waals surface area contributed by atoms with Crippen LogP contribution in [0.5, 0.6) is 0 Å². The number of carbonyl (C=O) groups is 2. The molecule has 0 bridgehead atoms. The fourth-order valence-electron chi connectivity index (χ4n) is 1.34. The third-order valence-electron chi connectivity index (χ3n) is 2.18. The Morgan fingerprint density at radius 2 is 2.21 bits per heavy atom. The number of nitrogens with zero attached hydrogens (tertiary/aromatic N) is 4. The maximum Gasteiger partial charge on any atom is 0.335 e. The van der Waals surface area contributed by atoms with E-state index in [0.29, 0.717) is 0 Å². The van der Waals surface area contributed by atoms with Crippen molar-refractivity contribution in [1.82, 2.24) is 20.2 Å². The number of halogens is 1. The summed E-state index contributed by atoms with van der Waals surface area (Å²) in [7, 11) is 0. The van der Waals surface area contributed by atoms with Gasteiger partial charge in [0.15, 0.2) is 0 Å². The smallest absolute Gasteiger partial charge is 0.335 e. The van der Waals surface area contributed by atoms with E-state index in [1.807, 2.05) is 0 Å². The molecular weight excluding hydrogens is 274 g/mol. The van der Waals surface area contributed by atoms with Crippen molar-refractivity contribution in [1.29, 1.82) is 0 Å². The molecule has 0 aliphatic carbocycles. The van der Waals surface area contributed by atoms with E-state index in [1.54, 1.807) is 0 Å². The van der Waals surface area contributed by atoms with E-state index in [9.17, 15) is 9.59 Å². The quantitative estimate of drug-likeness (QED) is 0.852. The van der Waals surface area contributed by atoms with Crippen LogP contribution < -0.4 is 5.32 Å². The number of rotatable bonds is 4. The van der Waals surface area contributed by atoms with Crippen molar-refractivity contribution in [2.75, 3.05) is 5.32 Å². The predicted molar refractivity (Wildman–Crippen MR) is 64.9 cm³/mol. The molecule has 1 aromatic carbocycles. The second-order valence-electron chi connectivity index (χ2n) is 3.56. The molecule has 0 fully saturated rings. The van der Waals surface area contributed by atoms with Crippen LogP contribution >= 0.6 is 11.6 Å². The lowest BCUT2D eigenvalue weighted by Crippen LogP contribution is -2.19. The fraction of sp³-hybridized carbons (Fsp3) is 0.100. The summed E-state index contributed by atoms with van der Waals surface area (Å²) in [5.41, 5.74) is 0.252. The number of nitrogens with one attached hydrogen (secondary N) is 1. The molecule has 0 saturated heterocycles. The molecule has 8 nitrogen and oxygen atoms in total. The van der Waals surface area contributed by atoms with Gasteiger partial charge in [0.05, 0.1) is 16.3 Å². The van der Waals surface area contributed by atoms with Crippen LogP contribution in [-0.4, -0.2) is 37.2 Å². The Kier molecular flexibility index (Phi) is 3.71. The number of anilines is 1. The van der Waals surface area contributed by atoms with Gasteiger partial charge in [-0.05, 0) is 28.6 Å². The number of carbonyl (C=O) groups excluding carboxylic acids is 1. The van der Waals surface area contributed by atoms with Gasteiger partial charge in [-0.25, -0.2) is 9.48 Å². The van der Waals surface area contributed by atoms with Gasteiger partial charge in [0, 0.05) is 0 Å². The zero-order valence-corrected chi connectivity index (χ0v) is 10.2. The molecule has 0 unspecified atom stereocenters. The number of hydrogen-bond acceptors (Lipinski definition) is 5. The molecule has 2 N–H and O–H groups in total. The highest BCUT2D eigenvalue weighted by Gasteiger charge is 2.10. The van der Waals surface area contributed by atoms with Crippen molar-refractivity contribution in [2.24, 2.45) is 0 Å². The number of hydrogen-bond donors (Lipinski definition) is 2. The number of carboxylic acid groups (broad SMARTS) is 1. The highest BCUT2D eigenvalue weighted by atomic mass is 35.5. The summed E-state index contributed by atoms with van der Waals surface area (Å²) in [5, 5.41) is 21.9. The molecule has 0 radical (unpaired) electrons. The van der Waals surface area contributed by atoms with E-state index in [-0.39, 0.29) is 22.8 Å². The van der Waals surface area contributed by atoms with Gasteiger partial charge in [0.2, 0.25) is 5.91 Å². The first-order chi connectivity index (χ1) is 9.06. The zero-order chi connectivity index (χ0) is 13.8. The van der Waals surface area contributed by atoms with Crippen molar-refractivity contribution in [3.63, 3.8) is 0 Å². The van der Waals surface area contributed by atoms with Gasteiger partial charge in [-0.3, -0.25) is 4.79 Å². The standard InChI is InChI=1S/C10H8ClN5O3/c11-7-2-1-6(10(18)19)3-8(7)13-9(17)4-16-5-12-14-15-16/h1-3,5H,4H2,(H,13,17)(H,18,19). The van der Waals surface area contributed by atoms with Crippen LogP contribution in [0.3, 0.4) is 0 Å². The molecule has 0 spiro atoms. The first kappa shape index (κ1) is 13.0. The van der Waals surface area contributed by atoms with Gasteiger partial charge < -0.3 is 10.4 Å². The SMILES string of the molecule is O=C(Cn1cnnn1)Nc1cc(C(=O)O)ccc1Cl. The molecule has 19 heavy (non-hydrogen) atoms. The minimum absolute atomic E-state index is 0.0297. The molecule has 9 heteroatoms. The molecule has 1 amide bonds. The van der Waals surface area contributed by atoms with E-state index in [1.165, 1.54) is 29.2 Å². The summed E-state index contributed by atoms with van der Waals surface area (Å²) in [6, 6.07) is 4.03. The van der Waals surface area contributed by atoms with Crippen molar-refractivity contribution in [2.45, 2.75) is 6.54 Å². The zero-order valence-electron chi connectivity index (χ0n) is 9.45. The maximum absolute atomic E-state index is 11.7. The first-order valence-corrected chi connectivity index (χ1v) is 5.47. The van der Waals surface area contributed by atoms with E-state index < -0.39 is 11.9 Å². The highest BCUT2D eigenvalue weighted by Crippen LogP contribution is 2.23. The number of aromatic nitrogens is 4. The Hall–Kier alpha value is -2.48. The summed E-state index contributed by atoms with van der Waals surface area (Å²) in [6.07, 6.45) is 1.29. The molecule has 0 aliphatic rings. The molecule has 0 aliphatic heterocycles. The normalized spacial score (nSPS) is 10.2. The topological polar surface area (TPSA) is 110 Å². The summed E-state index contributed by atoms with van der Waals surface area (Å²) >= 11 is 5.87. The molecule has 98 valence electrons. The molecule has 1 aromatic heterocycles. The monoisotopic (exact) mass is 281 g/mol. The Bertz CT molecular complexity index is 614. The summed E-state index contributed by atoms with van der Waals surface area (Å²) in [4.78, 5) is 22.5. The highest BCUT2D eigenvalue weighted by molar-refractivity contribution is 6.33. The van der Waals surface area contributed by atoms with Gasteiger partial charge in [0.1, 0.15) is 12.9 Å². The molecule has 2 rings (SSSR count). The molecule has 0 atom stereocenters. The Morgan fingerprint density at radius 1 is 1.42 bits per heavy atom. The van der Waals surface area contributed by atoms with Crippen molar-refractivity contribution < 1.29 is 14.7 Å². The average Bonchev–Trinajstić information content (AvgIpc) is 2.84. The second-order valence-corrected chi connectivity index (χ2v) is 3.96. The van der Waals surface area contributed by atoms with E-state index >= 15 is 0 Å². The van der Waals surface area contributed by atoms with Crippen LogP contribution in [0.4, 0.5) is 5.69 Å². The first-order valence-electron chi connectivity index (χ1n) is 5.10. The summed E-state index contributed by atoms with van der Waals surface area (Å²) in [6.45, 7) is -0.0966. The number of carboxylic acids is 1. The molecule has 0 saturated carbocycles. The van der Waals surface area contributed by atoms with E-state index in [4.69, 9.17) is 16.7 Å². The molecular formula is C10H8ClN5O3. The largest absolute Gasteiger partial charge is 0.478 e. The van der Waals surface area contributed by atoms with Crippen LogP contribution in [0, 0.1) is 0 Å². The lowest BCUT2D eigenvalue weighted by atomic mass is 10.2. The summed E-state index contributed by atoms with van der Waals surface area (Å²) < 4.78 is 1.23. The van der Waals surface area contributed by atoms with Crippen molar-refractivity contribution >= 4 is 29.2 Å². The molecule has 1 heterocycles. The number of benzene rings is 1. The maximum atomic E-state index is 11.7. The minimum atomic E-state index is -1.10. The van der Waals surface area contributed by atoms with Gasteiger partial charge >= 0.3 is 5.97 Å². The number of amides is 1. The third-order valence-corrected chi connectivity index (χ3v) is 2.51. The van der Waals surface area contributed by atoms with Crippen LogP contribution in [0.2, 0.25) is 5.02 Å². The fourth-order valence-corrected chi connectivity index (χ4v) is 1.51. The number of tetrazole rings is 1. The van der Waals surface area contributed by atoms with Crippen molar-refractivity contribution in [3.8, 4) is 0 Å². The van der Waals surface area contributed by atoms with Gasteiger partial charge in [-0.1, -0.05) is 11.6 Å². The van der Waals surface area contributed by atoms with Gasteiger partial charge in [0.25, 0.3) is 0 Å². The Labute approximate surface area is 112 Å². The van der Waals surface area contributed by atoms with E-state index in [0.717, 1.165) is 0 Å². The lowest BCUT2D eigenvalue weighted by Gasteiger charge is -2.07. The van der Waals surface area contributed by atoms with Crippen LogP contribution in [0.1, 0.15) is 10.4 Å². The van der Waals surface area contributed by atoms with Crippen LogP contribution in [0.15, 0.2) is 24.5 Å². The molecule has 2 aromatic rings. The van der Waals surface area contributed by atoms with Gasteiger partial charge in [-0.15, -0.1) is 5.10 Å². The Morgan fingerprint density at radius 3 is 2.84 bits per heavy atom. The van der Waals surface area contributed by atoms with Gasteiger partial charge in [-0.2, -0.15) is 0 Å². The van der Waals surface area contributed by atoms with Crippen molar-refractivity contribution in [3.05, 3.63) is 35.1 Å². The lowest BCUT2D eigenvalue weighted by molar-refractivity contribution is -0.116. The van der Waals surface area contributed by atoms with Crippen LogP contribution in [0.25, 0.3) is 0 Å². The second kappa shape index (κ2) is 5.44. The Balaban J connectivity index is 2.11.